The summed E-state index contributed by atoms with van der Waals surface area (Å²) in [5, 5.41) is 3.45. The lowest BCUT2D eigenvalue weighted by molar-refractivity contribution is 0.282. The molecule has 1 aliphatic carbocycles. The van der Waals surface area contributed by atoms with Crippen molar-refractivity contribution in [2.24, 2.45) is 0 Å². The minimum absolute atomic E-state index is 0.485. The highest BCUT2D eigenvalue weighted by Crippen LogP contribution is 2.27. The lowest BCUT2D eigenvalue weighted by Gasteiger charge is -2.09. The Balaban J connectivity index is 1.61. The highest BCUT2D eigenvalue weighted by molar-refractivity contribution is 5.39. The fourth-order valence-electron chi connectivity index (χ4n) is 2.24. The zero-order valence-electron chi connectivity index (χ0n) is 12.5. The standard InChI is InChI=1S/C17H21NO3/c1-12-13(9-15(21-12)10-18-14-7-8-14)11-20-17-6-4-3-5-16(17)19-2/h3-6,9,14,18H,7-8,10-11H2,1-2H3. The zero-order valence-corrected chi connectivity index (χ0v) is 12.5. The number of ether oxygens (including phenoxy) is 2. The Morgan fingerprint density at radius 1 is 1.24 bits per heavy atom. The van der Waals surface area contributed by atoms with E-state index in [-0.39, 0.29) is 0 Å². The Morgan fingerprint density at radius 3 is 2.71 bits per heavy atom. The monoisotopic (exact) mass is 287 g/mol. The molecule has 1 N–H and O–H groups in total. The van der Waals surface area contributed by atoms with Crippen molar-refractivity contribution in [2.75, 3.05) is 7.11 Å². The highest BCUT2D eigenvalue weighted by atomic mass is 16.5. The van der Waals surface area contributed by atoms with Crippen molar-refractivity contribution in [3.05, 3.63) is 47.4 Å². The van der Waals surface area contributed by atoms with Gasteiger partial charge in [0.15, 0.2) is 11.5 Å². The largest absolute Gasteiger partial charge is 0.493 e. The van der Waals surface area contributed by atoms with Crippen LogP contribution in [0.2, 0.25) is 0 Å². The summed E-state index contributed by atoms with van der Waals surface area (Å²) in [7, 11) is 1.65. The van der Waals surface area contributed by atoms with Gasteiger partial charge in [0, 0.05) is 11.6 Å². The number of para-hydroxylation sites is 2. The average molecular weight is 287 g/mol. The highest BCUT2D eigenvalue weighted by Gasteiger charge is 2.21. The van der Waals surface area contributed by atoms with E-state index in [9.17, 15) is 0 Å². The van der Waals surface area contributed by atoms with Crippen molar-refractivity contribution in [3.8, 4) is 11.5 Å². The zero-order chi connectivity index (χ0) is 14.7. The molecule has 1 fully saturated rings. The summed E-state index contributed by atoms with van der Waals surface area (Å²) in [6.07, 6.45) is 2.56. The van der Waals surface area contributed by atoms with Crippen LogP contribution in [0.25, 0.3) is 0 Å². The summed E-state index contributed by atoms with van der Waals surface area (Å²) >= 11 is 0. The predicted octanol–water partition coefficient (Wildman–Crippen LogP) is 3.43. The van der Waals surface area contributed by atoms with Gasteiger partial charge in [-0.1, -0.05) is 12.1 Å². The number of methoxy groups -OCH3 is 1. The van der Waals surface area contributed by atoms with Crippen LogP contribution in [0.3, 0.4) is 0 Å². The topological polar surface area (TPSA) is 43.6 Å². The van der Waals surface area contributed by atoms with Gasteiger partial charge in [-0.3, -0.25) is 0 Å². The molecular formula is C17H21NO3. The third-order valence-electron chi connectivity index (χ3n) is 3.67. The van der Waals surface area contributed by atoms with E-state index in [1.54, 1.807) is 7.11 Å². The van der Waals surface area contributed by atoms with Crippen LogP contribution >= 0.6 is 0 Å². The Labute approximate surface area is 125 Å². The molecule has 21 heavy (non-hydrogen) atoms. The number of hydrogen-bond acceptors (Lipinski definition) is 4. The third-order valence-corrected chi connectivity index (χ3v) is 3.67. The maximum absolute atomic E-state index is 5.84. The maximum Gasteiger partial charge on any atom is 0.161 e. The minimum atomic E-state index is 0.485. The average Bonchev–Trinajstić information content (AvgIpc) is 3.27. The smallest absolute Gasteiger partial charge is 0.161 e. The molecule has 4 heteroatoms. The molecule has 4 nitrogen and oxygen atoms in total. The molecular weight excluding hydrogens is 266 g/mol. The van der Waals surface area contributed by atoms with Gasteiger partial charge in [0.1, 0.15) is 18.1 Å². The molecule has 1 saturated carbocycles. The molecule has 112 valence electrons. The summed E-state index contributed by atoms with van der Waals surface area (Å²) in [4.78, 5) is 0. The summed E-state index contributed by atoms with van der Waals surface area (Å²) in [6.45, 7) is 3.25. The Hall–Kier alpha value is -1.94. The van der Waals surface area contributed by atoms with Gasteiger partial charge in [-0.15, -0.1) is 0 Å². The van der Waals surface area contributed by atoms with E-state index >= 15 is 0 Å². The van der Waals surface area contributed by atoms with E-state index in [0.29, 0.717) is 12.6 Å². The molecule has 1 heterocycles. The van der Waals surface area contributed by atoms with E-state index in [1.807, 2.05) is 31.2 Å². The lowest BCUT2D eigenvalue weighted by Crippen LogP contribution is -2.14. The second-order valence-corrected chi connectivity index (χ2v) is 5.39. The minimum Gasteiger partial charge on any atom is -0.493 e. The first-order valence-electron chi connectivity index (χ1n) is 7.33. The van der Waals surface area contributed by atoms with Crippen molar-refractivity contribution in [1.82, 2.24) is 5.32 Å². The first-order valence-corrected chi connectivity index (χ1v) is 7.33. The fraction of sp³-hybridized carbons (Fsp3) is 0.412. The van der Waals surface area contributed by atoms with Gasteiger partial charge in [-0.2, -0.15) is 0 Å². The number of furan rings is 1. The van der Waals surface area contributed by atoms with Crippen LogP contribution in [0.15, 0.2) is 34.7 Å². The maximum atomic E-state index is 5.84. The molecule has 0 unspecified atom stereocenters. The molecule has 0 atom stereocenters. The van der Waals surface area contributed by atoms with Gasteiger partial charge >= 0.3 is 0 Å². The number of hydrogen-bond donors (Lipinski definition) is 1. The van der Waals surface area contributed by atoms with E-state index in [1.165, 1.54) is 12.8 Å². The quantitative estimate of drug-likeness (QED) is 0.847. The summed E-state index contributed by atoms with van der Waals surface area (Å²) in [5.41, 5.74) is 1.08. The Kier molecular flexibility index (Phi) is 4.15. The van der Waals surface area contributed by atoms with E-state index in [2.05, 4.69) is 11.4 Å². The lowest BCUT2D eigenvalue weighted by atomic mass is 10.2. The number of rotatable bonds is 7. The fourth-order valence-corrected chi connectivity index (χ4v) is 2.24. The van der Waals surface area contributed by atoms with Crippen LogP contribution in [0.5, 0.6) is 11.5 Å². The van der Waals surface area contributed by atoms with Gasteiger partial charge in [-0.05, 0) is 38.0 Å². The first-order chi connectivity index (χ1) is 10.3. The van der Waals surface area contributed by atoms with Crippen LogP contribution in [-0.4, -0.2) is 13.2 Å². The molecule has 0 radical (unpaired) electrons. The normalized spacial score (nSPS) is 14.2. The molecule has 0 saturated heterocycles. The molecule has 1 aliphatic rings. The second-order valence-electron chi connectivity index (χ2n) is 5.39. The van der Waals surface area contributed by atoms with Crippen molar-refractivity contribution in [1.29, 1.82) is 0 Å². The molecule has 1 aromatic carbocycles. The SMILES string of the molecule is COc1ccccc1OCc1cc(CNC2CC2)oc1C. The van der Waals surface area contributed by atoms with Gasteiger partial charge < -0.3 is 19.2 Å². The molecule has 1 aromatic heterocycles. The van der Waals surface area contributed by atoms with Gasteiger partial charge in [0.25, 0.3) is 0 Å². The molecule has 2 aromatic rings. The van der Waals surface area contributed by atoms with Crippen molar-refractivity contribution < 1.29 is 13.9 Å². The van der Waals surface area contributed by atoms with E-state index in [0.717, 1.165) is 35.1 Å². The number of aryl methyl sites for hydroxylation is 1. The predicted molar refractivity (Wildman–Crippen MR) is 80.6 cm³/mol. The van der Waals surface area contributed by atoms with Crippen molar-refractivity contribution in [3.63, 3.8) is 0 Å². The summed E-state index contributed by atoms with van der Waals surface area (Å²) in [5.74, 6) is 3.38. The summed E-state index contributed by atoms with van der Waals surface area (Å²) < 4.78 is 16.9. The number of benzene rings is 1. The van der Waals surface area contributed by atoms with Crippen LogP contribution in [-0.2, 0) is 13.2 Å². The number of nitrogens with one attached hydrogen (secondary N) is 1. The van der Waals surface area contributed by atoms with Crippen molar-refractivity contribution >= 4 is 0 Å². The summed E-state index contributed by atoms with van der Waals surface area (Å²) in [6, 6.07) is 10.4. The molecule has 3 rings (SSSR count). The first kappa shape index (κ1) is 14.0. The van der Waals surface area contributed by atoms with E-state index < -0.39 is 0 Å². The molecule has 0 aliphatic heterocycles. The molecule has 0 amide bonds. The van der Waals surface area contributed by atoms with E-state index in [4.69, 9.17) is 13.9 Å². The van der Waals surface area contributed by atoms with Crippen LogP contribution in [0, 0.1) is 6.92 Å². The molecule has 0 spiro atoms. The Bertz CT molecular complexity index is 602. The van der Waals surface area contributed by atoms with Crippen LogP contribution in [0.1, 0.15) is 29.9 Å². The van der Waals surface area contributed by atoms with Crippen LogP contribution in [0.4, 0.5) is 0 Å². The Morgan fingerprint density at radius 2 is 2.00 bits per heavy atom. The van der Waals surface area contributed by atoms with Gasteiger partial charge in [0.05, 0.1) is 13.7 Å². The van der Waals surface area contributed by atoms with Gasteiger partial charge in [-0.25, -0.2) is 0 Å². The van der Waals surface area contributed by atoms with Gasteiger partial charge in [0.2, 0.25) is 0 Å². The second kappa shape index (κ2) is 6.22. The molecule has 0 bridgehead atoms. The van der Waals surface area contributed by atoms with Crippen molar-refractivity contribution in [2.45, 2.75) is 39.0 Å². The van der Waals surface area contributed by atoms with Crippen LogP contribution < -0.4 is 14.8 Å². The third kappa shape index (κ3) is 3.58.